The summed E-state index contributed by atoms with van der Waals surface area (Å²) in [6, 6.07) is 19.1. The van der Waals surface area contributed by atoms with Crippen molar-refractivity contribution >= 4 is 34.8 Å². The van der Waals surface area contributed by atoms with Crippen molar-refractivity contribution in [3.8, 4) is 5.75 Å². The van der Waals surface area contributed by atoms with Crippen molar-refractivity contribution in [2.75, 3.05) is 16.0 Å². The number of hydrogen-bond donors (Lipinski definition) is 4. The van der Waals surface area contributed by atoms with Crippen LogP contribution in [0.4, 0.5) is 43.4 Å². The second kappa shape index (κ2) is 14.6. The van der Waals surface area contributed by atoms with E-state index >= 15 is 0 Å². The van der Waals surface area contributed by atoms with Crippen molar-refractivity contribution in [3.63, 3.8) is 0 Å². The monoisotopic (exact) mass is 673 g/mol. The van der Waals surface area contributed by atoms with Crippen LogP contribution in [0, 0.1) is 20.8 Å². The number of aromatic hydroxyl groups is 1. The third kappa shape index (κ3) is 8.33. The van der Waals surface area contributed by atoms with E-state index in [1.807, 2.05) is 55.6 Å². The van der Waals surface area contributed by atoms with Gasteiger partial charge in [0.2, 0.25) is 17.2 Å². The van der Waals surface area contributed by atoms with Crippen molar-refractivity contribution in [2.24, 2.45) is 0 Å². The van der Waals surface area contributed by atoms with Crippen LogP contribution in [0.1, 0.15) is 52.0 Å². The van der Waals surface area contributed by atoms with Gasteiger partial charge in [-0.3, -0.25) is 14.4 Å². The average Bonchev–Trinajstić information content (AvgIpc) is 2.97. The molecule has 4 N–H and O–H groups in total. The normalized spacial score (nSPS) is 11.6. The molecule has 0 fully saturated rings. The molecule has 0 aliphatic rings. The van der Waals surface area contributed by atoms with E-state index in [2.05, 4.69) is 10.6 Å². The molecule has 0 saturated heterocycles. The SMILES string of the molecule is CC(=O)Nc1cc(C(c2ccc(O)c(NC(C)=O)c2)(C(F)(F)F)C(F)(F)F)ccc1C.Cc1ccc(C)c(NC(=O)c2ccccc2)c1. The fourth-order valence-electron chi connectivity index (χ4n) is 4.88. The summed E-state index contributed by atoms with van der Waals surface area (Å²) in [7, 11) is 0. The van der Waals surface area contributed by atoms with Gasteiger partial charge in [-0.2, -0.15) is 26.3 Å². The summed E-state index contributed by atoms with van der Waals surface area (Å²) in [6.07, 6.45) is -11.8. The lowest BCUT2D eigenvalue weighted by Crippen LogP contribution is -2.54. The van der Waals surface area contributed by atoms with Crippen LogP contribution in [0.25, 0.3) is 0 Å². The van der Waals surface area contributed by atoms with Gasteiger partial charge in [-0.25, -0.2) is 0 Å². The summed E-state index contributed by atoms with van der Waals surface area (Å²) in [5.74, 6) is -2.26. The van der Waals surface area contributed by atoms with Gasteiger partial charge in [0.05, 0.1) is 5.69 Å². The van der Waals surface area contributed by atoms with Gasteiger partial charge >= 0.3 is 12.4 Å². The quantitative estimate of drug-likeness (QED) is 0.122. The molecule has 0 atom stereocenters. The Balaban J connectivity index is 0.000000308. The van der Waals surface area contributed by atoms with Crippen LogP contribution in [0.3, 0.4) is 0 Å². The number of carbonyl (C=O) groups is 3. The Kier molecular flexibility index (Phi) is 11.3. The molecule has 7 nitrogen and oxygen atoms in total. The van der Waals surface area contributed by atoms with E-state index in [1.54, 1.807) is 12.1 Å². The first kappa shape index (κ1) is 37.1. The fourth-order valence-corrected chi connectivity index (χ4v) is 4.88. The van der Waals surface area contributed by atoms with Gasteiger partial charge in [-0.1, -0.05) is 48.5 Å². The zero-order chi connectivity index (χ0) is 36.0. The van der Waals surface area contributed by atoms with Gasteiger partial charge in [0.25, 0.3) is 5.91 Å². The van der Waals surface area contributed by atoms with Crippen LogP contribution in [0.5, 0.6) is 5.75 Å². The highest BCUT2D eigenvalue weighted by Crippen LogP contribution is 2.57. The number of alkyl halides is 6. The molecule has 0 radical (unpaired) electrons. The van der Waals surface area contributed by atoms with Crippen molar-refractivity contribution in [3.05, 3.63) is 118 Å². The Morgan fingerprint density at radius 3 is 1.56 bits per heavy atom. The number of phenols is 1. The molecule has 0 unspecified atom stereocenters. The highest BCUT2D eigenvalue weighted by Gasteiger charge is 2.72. The third-order valence-corrected chi connectivity index (χ3v) is 7.25. The van der Waals surface area contributed by atoms with Gasteiger partial charge in [0, 0.05) is 30.8 Å². The summed E-state index contributed by atoms with van der Waals surface area (Å²) in [6.45, 7) is 7.45. The lowest BCUT2D eigenvalue weighted by molar-refractivity contribution is -0.288. The lowest BCUT2D eigenvalue weighted by Gasteiger charge is -2.38. The predicted molar refractivity (Wildman–Crippen MR) is 171 cm³/mol. The molecule has 0 bridgehead atoms. The molecule has 0 saturated carbocycles. The Morgan fingerprint density at radius 2 is 1.04 bits per heavy atom. The number of hydrogen-bond acceptors (Lipinski definition) is 4. The largest absolute Gasteiger partial charge is 0.506 e. The minimum absolute atomic E-state index is 0.0701. The standard InChI is InChI=1S/C20H18F6N2O3.C15H15NO/c1-10-4-5-13(8-15(10)27-11(2)29)18(19(21,22)23,20(24,25)26)14-6-7-17(31)16(9-14)28-12(3)30;1-11-8-9-12(2)14(10-11)16-15(17)13-6-4-3-5-7-13/h4-9,31H,1-3H3,(H,27,29)(H,28,30);3-10H,1-2H3,(H,16,17). The van der Waals surface area contributed by atoms with Crippen molar-refractivity contribution in [1.82, 2.24) is 0 Å². The van der Waals surface area contributed by atoms with Crippen LogP contribution in [-0.4, -0.2) is 35.2 Å². The molecule has 48 heavy (non-hydrogen) atoms. The summed E-state index contributed by atoms with van der Waals surface area (Å²) in [4.78, 5) is 34.6. The number of carbonyl (C=O) groups excluding carboxylic acids is 3. The summed E-state index contributed by atoms with van der Waals surface area (Å²) in [5, 5.41) is 16.9. The second-order valence-electron chi connectivity index (χ2n) is 11.0. The molecule has 0 aromatic heterocycles. The van der Waals surface area contributed by atoms with Crippen molar-refractivity contribution in [2.45, 2.75) is 52.4 Å². The maximum atomic E-state index is 14.3. The highest BCUT2D eigenvalue weighted by molar-refractivity contribution is 6.04. The molecule has 13 heteroatoms. The molecule has 0 aliphatic heterocycles. The highest BCUT2D eigenvalue weighted by atomic mass is 19.4. The Labute approximate surface area is 273 Å². The number of anilines is 3. The zero-order valence-electron chi connectivity index (χ0n) is 26.5. The maximum absolute atomic E-state index is 14.3. The molecule has 4 aromatic carbocycles. The van der Waals surface area contributed by atoms with Crippen LogP contribution in [-0.2, 0) is 15.0 Å². The predicted octanol–water partition coefficient (Wildman–Crippen LogP) is 8.58. The van der Waals surface area contributed by atoms with Gasteiger partial charge in [-0.05, 0) is 85.0 Å². The molecular weight excluding hydrogens is 640 g/mol. The Hall–Kier alpha value is -5.33. The minimum Gasteiger partial charge on any atom is -0.506 e. The van der Waals surface area contributed by atoms with Crippen LogP contribution < -0.4 is 16.0 Å². The van der Waals surface area contributed by atoms with E-state index < -0.39 is 52.1 Å². The number of aryl methyl sites for hydroxylation is 3. The van der Waals surface area contributed by atoms with E-state index in [-0.39, 0.29) is 17.2 Å². The Bertz CT molecular complexity index is 1720. The molecule has 0 spiro atoms. The Morgan fingerprint density at radius 1 is 0.583 bits per heavy atom. The average molecular weight is 674 g/mol. The second-order valence-corrected chi connectivity index (χ2v) is 11.0. The molecule has 254 valence electrons. The molecule has 3 amide bonds. The summed E-state index contributed by atoms with van der Waals surface area (Å²) in [5.41, 5.74) is -3.80. The van der Waals surface area contributed by atoms with Gasteiger partial charge < -0.3 is 21.1 Å². The van der Waals surface area contributed by atoms with E-state index in [9.17, 15) is 45.8 Å². The summed E-state index contributed by atoms with van der Waals surface area (Å²) < 4.78 is 85.6. The molecule has 4 aromatic rings. The van der Waals surface area contributed by atoms with Gasteiger partial charge in [0.15, 0.2) is 0 Å². The first-order valence-corrected chi connectivity index (χ1v) is 14.3. The van der Waals surface area contributed by atoms with E-state index in [4.69, 9.17) is 0 Å². The number of nitrogens with one attached hydrogen (secondary N) is 3. The number of halogens is 6. The van der Waals surface area contributed by atoms with Crippen LogP contribution >= 0.6 is 0 Å². The first-order chi connectivity index (χ1) is 22.3. The molecule has 0 heterocycles. The molecule has 0 aliphatic carbocycles. The number of rotatable bonds is 6. The first-order valence-electron chi connectivity index (χ1n) is 14.3. The number of benzene rings is 4. The zero-order valence-corrected chi connectivity index (χ0v) is 26.5. The topological polar surface area (TPSA) is 108 Å². The smallest absolute Gasteiger partial charge is 0.411 e. The van der Waals surface area contributed by atoms with Gasteiger partial charge in [-0.15, -0.1) is 0 Å². The lowest BCUT2D eigenvalue weighted by atomic mass is 9.72. The van der Waals surface area contributed by atoms with E-state index in [0.29, 0.717) is 35.9 Å². The fraction of sp³-hybridized carbons (Fsp3) is 0.229. The van der Waals surface area contributed by atoms with E-state index in [1.165, 1.54) is 6.92 Å². The maximum Gasteiger partial charge on any atom is 0.411 e. The minimum atomic E-state index is -5.88. The third-order valence-electron chi connectivity index (χ3n) is 7.25. The molecule has 4 rings (SSSR count). The summed E-state index contributed by atoms with van der Waals surface area (Å²) >= 11 is 0. The van der Waals surface area contributed by atoms with E-state index in [0.717, 1.165) is 36.7 Å². The van der Waals surface area contributed by atoms with Gasteiger partial charge in [0.1, 0.15) is 5.75 Å². The van der Waals surface area contributed by atoms with Crippen LogP contribution in [0.2, 0.25) is 0 Å². The number of phenolic OH excluding ortho intramolecular Hbond substituents is 1. The van der Waals surface area contributed by atoms with Crippen LogP contribution in [0.15, 0.2) is 84.9 Å². The molecular formula is C35H33F6N3O4. The van der Waals surface area contributed by atoms with Crippen molar-refractivity contribution in [1.29, 1.82) is 0 Å². The van der Waals surface area contributed by atoms with Crippen molar-refractivity contribution < 1.29 is 45.8 Å². The number of amides is 3.